The number of amides is 1. The summed E-state index contributed by atoms with van der Waals surface area (Å²) >= 11 is 1.40. The maximum absolute atomic E-state index is 13.5. The Balaban J connectivity index is 1.74. The Kier molecular flexibility index (Phi) is 6.61. The molecule has 4 rings (SSSR count). The molecule has 1 aromatic heterocycles. The molecule has 1 amide bonds. The lowest BCUT2D eigenvalue weighted by atomic mass is 9.94. The molecule has 0 radical (unpaired) electrons. The number of amidine groups is 1. The zero-order valence-electron chi connectivity index (χ0n) is 18.1. The van der Waals surface area contributed by atoms with E-state index >= 15 is 0 Å². The molecule has 2 fully saturated rings. The van der Waals surface area contributed by atoms with E-state index in [4.69, 9.17) is 14.5 Å². The van der Waals surface area contributed by atoms with Crippen LogP contribution in [-0.2, 0) is 4.79 Å². The first-order valence-electron chi connectivity index (χ1n) is 10.6. The van der Waals surface area contributed by atoms with Crippen molar-refractivity contribution in [3.8, 4) is 11.5 Å². The van der Waals surface area contributed by atoms with Crippen molar-refractivity contribution >= 4 is 34.7 Å². The lowest BCUT2D eigenvalue weighted by molar-refractivity contribution is -0.124. The smallest absolute Gasteiger partial charge is 0.267 e. The molecule has 1 aliphatic heterocycles. The highest BCUT2D eigenvalue weighted by atomic mass is 32.2. The molecule has 2 aromatic rings. The first-order valence-corrected chi connectivity index (χ1v) is 11.4. The van der Waals surface area contributed by atoms with Crippen LogP contribution in [0.1, 0.15) is 43.4 Å². The number of rotatable bonds is 5. The van der Waals surface area contributed by atoms with Crippen LogP contribution < -0.4 is 9.47 Å². The van der Waals surface area contributed by atoms with Crippen LogP contribution >= 0.6 is 11.8 Å². The summed E-state index contributed by atoms with van der Waals surface area (Å²) in [7, 11) is 3.21. The highest BCUT2D eigenvalue weighted by molar-refractivity contribution is 8.18. The number of nitrogens with zero attached hydrogens (tertiary/aromatic N) is 3. The van der Waals surface area contributed by atoms with Gasteiger partial charge in [-0.25, -0.2) is 9.98 Å². The number of hydrogen-bond donors (Lipinski definition) is 0. The molecule has 0 unspecified atom stereocenters. The van der Waals surface area contributed by atoms with Crippen LogP contribution in [0.5, 0.6) is 11.5 Å². The monoisotopic (exact) mass is 437 g/mol. The first kappa shape index (κ1) is 21.4. The minimum Gasteiger partial charge on any atom is -0.493 e. The summed E-state index contributed by atoms with van der Waals surface area (Å²) in [6.45, 7) is 1.94. The quantitative estimate of drug-likeness (QED) is 0.591. The number of methoxy groups -OCH3 is 2. The molecule has 1 saturated heterocycles. The van der Waals surface area contributed by atoms with Gasteiger partial charge in [0.2, 0.25) is 0 Å². The van der Waals surface area contributed by atoms with E-state index in [0.29, 0.717) is 27.4 Å². The van der Waals surface area contributed by atoms with E-state index in [9.17, 15) is 4.79 Å². The van der Waals surface area contributed by atoms with Crippen molar-refractivity contribution in [1.82, 2.24) is 9.88 Å². The normalized spacial score (nSPS) is 20.0. The van der Waals surface area contributed by atoms with Crippen molar-refractivity contribution < 1.29 is 14.3 Å². The van der Waals surface area contributed by atoms with Crippen LogP contribution in [0, 0.1) is 6.92 Å². The lowest BCUT2D eigenvalue weighted by Gasteiger charge is -2.30. The topological polar surface area (TPSA) is 64.0 Å². The van der Waals surface area contributed by atoms with Gasteiger partial charge in [0.05, 0.1) is 19.1 Å². The van der Waals surface area contributed by atoms with Crippen molar-refractivity contribution in [1.29, 1.82) is 0 Å². The van der Waals surface area contributed by atoms with E-state index < -0.39 is 0 Å². The van der Waals surface area contributed by atoms with Crippen LogP contribution in [0.25, 0.3) is 6.08 Å². The summed E-state index contributed by atoms with van der Waals surface area (Å²) in [4.78, 5) is 25.3. The van der Waals surface area contributed by atoms with Gasteiger partial charge in [0, 0.05) is 17.3 Å². The summed E-state index contributed by atoms with van der Waals surface area (Å²) in [5.41, 5.74) is 1.70. The predicted molar refractivity (Wildman–Crippen MR) is 125 cm³/mol. The Bertz CT molecular complexity index is 1030. The van der Waals surface area contributed by atoms with Crippen molar-refractivity contribution in [2.24, 2.45) is 4.99 Å². The average Bonchev–Trinajstić information content (AvgIpc) is 3.08. The molecule has 2 heterocycles. The number of para-hydroxylation sites is 1. The Labute approximate surface area is 187 Å². The molecule has 7 heteroatoms. The molecule has 0 N–H and O–H groups in total. The van der Waals surface area contributed by atoms with Crippen LogP contribution in [0.15, 0.2) is 46.3 Å². The summed E-state index contributed by atoms with van der Waals surface area (Å²) in [6.07, 6.45) is 7.37. The molecular weight excluding hydrogens is 410 g/mol. The number of aromatic nitrogens is 1. The molecule has 6 nitrogen and oxygen atoms in total. The highest BCUT2D eigenvalue weighted by Gasteiger charge is 2.39. The summed E-state index contributed by atoms with van der Waals surface area (Å²) in [5, 5.41) is 0.697. The Morgan fingerprint density at radius 3 is 2.58 bits per heavy atom. The molecule has 0 spiro atoms. The number of thioether (sulfide) groups is 1. The van der Waals surface area contributed by atoms with Gasteiger partial charge in [0.15, 0.2) is 22.5 Å². The number of hydrogen-bond acceptors (Lipinski definition) is 6. The van der Waals surface area contributed by atoms with Gasteiger partial charge in [0.1, 0.15) is 0 Å². The maximum Gasteiger partial charge on any atom is 0.267 e. The second-order valence-electron chi connectivity index (χ2n) is 7.69. The number of carbonyl (C=O) groups is 1. The number of aliphatic imine (C=N–C) groups is 1. The number of benzene rings is 1. The maximum atomic E-state index is 13.5. The van der Waals surface area contributed by atoms with Crippen molar-refractivity contribution in [3.63, 3.8) is 0 Å². The van der Waals surface area contributed by atoms with Crippen molar-refractivity contribution in [2.75, 3.05) is 14.2 Å². The number of carbonyl (C=O) groups excluding carboxylic acids is 1. The predicted octanol–water partition coefficient (Wildman–Crippen LogP) is 5.34. The van der Waals surface area contributed by atoms with Gasteiger partial charge >= 0.3 is 0 Å². The Morgan fingerprint density at radius 2 is 1.87 bits per heavy atom. The van der Waals surface area contributed by atoms with Crippen molar-refractivity contribution in [2.45, 2.75) is 45.1 Å². The van der Waals surface area contributed by atoms with Gasteiger partial charge in [-0.2, -0.15) is 0 Å². The third kappa shape index (κ3) is 4.61. The third-order valence-electron chi connectivity index (χ3n) is 5.58. The fraction of sp³-hybridized carbons (Fsp3) is 0.375. The van der Waals surface area contributed by atoms with Gasteiger partial charge < -0.3 is 9.47 Å². The summed E-state index contributed by atoms with van der Waals surface area (Å²) < 4.78 is 11.0. The van der Waals surface area contributed by atoms with Crippen LogP contribution in [0.3, 0.4) is 0 Å². The fourth-order valence-electron chi connectivity index (χ4n) is 4.08. The fourth-order valence-corrected chi connectivity index (χ4v) is 5.12. The molecular formula is C24H27N3O3S. The third-order valence-corrected chi connectivity index (χ3v) is 6.56. The first-order chi connectivity index (χ1) is 15.1. The van der Waals surface area contributed by atoms with Crippen LogP contribution in [0.4, 0.5) is 5.82 Å². The van der Waals surface area contributed by atoms with E-state index in [-0.39, 0.29) is 11.9 Å². The molecule has 2 aliphatic rings. The van der Waals surface area contributed by atoms with E-state index in [1.165, 1.54) is 18.2 Å². The summed E-state index contributed by atoms with van der Waals surface area (Å²) in [6, 6.07) is 11.6. The minimum atomic E-state index is -0.00632. The average molecular weight is 438 g/mol. The van der Waals surface area contributed by atoms with Crippen LogP contribution in [0.2, 0.25) is 0 Å². The van der Waals surface area contributed by atoms with Gasteiger partial charge in [0.25, 0.3) is 5.91 Å². The van der Waals surface area contributed by atoms with E-state index in [1.54, 1.807) is 14.2 Å². The van der Waals surface area contributed by atoms with E-state index in [1.807, 2.05) is 54.3 Å². The SMILES string of the molecule is COc1cccc(/C=C2\S/C(=N/c3cccc(C)n3)N(C3CCCCC3)C2=O)c1OC. The number of aryl methyl sites for hydroxylation is 1. The molecule has 1 saturated carbocycles. The van der Waals surface area contributed by atoms with Gasteiger partial charge in [-0.1, -0.05) is 37.5 Å². The largest absolute Gasteiger partial charge is 0.493 e. The molecule has 31 heavy (non-hydrogen) atoms. The van der Waals surface area contributed by atoms with E-state index in [0.717, 1.165) is 36.9 Å². The zero-order valence-corrected chi connectivity index (χ0v) is 18.9. The standard InChI is InChI=1S/C24H27N3O3S/c1-16-9-7-14-21(25-16)26-24-27(18-11-5-4-6-12-18)23(28)20(31-24)15-17-10-8-13-19(29-2)22(17)30-3/h7-10,13-15,18H,4-6,11-12H2,1-3H3/b20-15-,26-24+. The molecule has 0 bridgehead atoms. The van der Waals surface area contributed by atoms with Gasteiger partial charge in [-0.05, 0) is 55.8 Å². The van der Waals surface area contributed by atoms with E-state index in [2.05, 4.69) is 4.98 Å². The minimum absolute atomic E-state index is 0.00632. The molecule has 1 aliphatic carbocycles. The molecule has 162 valence electrons. The second kappa shape index (κ2) is 9.56. The van der Waals surface area contributed by atoms with Crippen molar-refractivity contribution in [3.05, 3.63) is 52.6 Å². The van der Waals surface area contributed by atoms with Crippen LogP contribution in [-0.4, -0.2) is 41.2 Å². The number of pyridine rings is 1. The lowest BCUT2D eigenvalue weighted by Crippen LogP contribution is -2.40. The Morgan fingerprint density at radius 1 is 1.10 bits per heavy atom. The number of ether oxygens (including phenoxy) is 2. The molecule has 1 aromatic carbocycles. The Hall–Kier alpha value is -2.80. The van der Waals surface area contributed by atoms with Gasteiger partial charge in [-0.15, -0.1) is 0 Å². The molecule has 0 atom stereocenters. The summed E-state index contributed by atoms with van der Waals surface area (Å²) in [5.74, 6) is 1.86. The van der Waals surface area contributed by atoms with Gasteiger partial charge in [-0.3, -0.25) is 9.69 Å². The second-order valence-corrected chi connectivity index (χ2v) is 8.70. The highest BCUT2D eigenvalue weighted by Crippen LogP contribution is 2.40. The zero-order chi connectivity index (χ0) is 21.8.